The minimum absolute atomic E-state index is 0.0605. The van der Waals surface area contributed by atoms with Crippen LogP contribution >= 0.6 is 0 Å². The van der Waals surface area contributed by atoms with Crippen LogP contribution in [-0.4, -0.2) is 33.2 Å². The molecule has 1 aliphatic rings. The third kappa shape index (κ3) is 5.27. The molecule has 1 fully saturated rings. The van der Waals surface area contributed by atoms with Crippen molar-refractivity contribution in [1.29, 1.82) is 15.8 Å². The average Bonchev–Trinajstić information content (AvgIpc) is 3.61. The zero-order valence-corrected chi connectivity index (χ0v) is 23.5. The summed E-state index contributed by atoms with van der Waals surface area (Å²) in [6.45, 7) is 8.22. The van der Waals surface area contributed by atoms with Gasteiger partial charge in [0.25, 0.3) is 0 Å². The van der Waals surface area contributed by atoms with Crippen molar-refractivity contribution in [3.05, 3.63) is 76.2 Å². The van der Waals surface area contributed by atoms with Gasteiger partial charge in [-0.2, -0.15) is 15.8 Å². The molecule has 0 saturated heterocycles. The Balaban J connectivity index is 1.65. The van der Waals surface area contributed by atoms with Crippen LogP contribution in [0.15, 0.2) is 42.7 Å². The van der Waals surface area contributed by atoms with E-state index in [1.165, 1.54) is 6.20 Å². The fourth-order valence-electron chi connectivity index (χ4n) is 4.87. The second kappa shape index (κ2) is 10.5. The summed E-state index contributed by atoms with van der Waals surface area (Å²) in [4.78, 5) is 4.44. The lowest BCUT2D eigenvalue weighted by Crippen LogP contribution is -2.20. The number of nitrogens with zero attached hydrogens (tertiary/aromatic N) is 7. The van der Waals surface area contributed by atoms with Gasteiger partial charge in [0.05, 0.1) is 51.7 Å². The summed E-state index contributed by atoms with van der Waals surface area (Å²) in [5, 5.41) is 45.8. The quantitative estimate of drug-likeness (QED) is 0.279. The van der Waals surface area contributed by atoms with E-state index < -0.39 is 18.3 Å². The number of alkyl halides is 1. The van der Waals surface area contributed by atoms with Gasteiger partial charge < -0.3 is 10.6 Å². The van der Waals surface area contributed by atoms with E-state index in [4.69, 9.17) is 0 Å². The molecule has 1 atom stereocenters. The molecule has 2 N–H and O–H groups in total. The van der Waals surface area contributed by atoms with Crippen LogP contribution < -0.4 is 10.6 Å². The summed E-state index contributed by atoms with van der Waals surface area (Å²) in [7, 11) is 0. The molecule has 2 heterocycles. The van der Waals surface area contributed by atoms with Gasteiger partial charge in [-0.05, 0) is 54.5 Å². The molecule has 206 valence electrons. The molecule has 1 unspecified atom stereocenters. The highest BCUT2D eigenvalue weighted by atomic mass is 19.1. The summed E-state index contributed by atoms with van der Waals surface area (Å²) in [6, 6.07) is 15.2. The Bertz CT molecular complexity index is 1760. The highest BCUT2D eigenvalue weighted by molar-refractivity contribution is 5.99. The maximum absolute atomic E-state index is 13.8. The fraction of sp³-hybridized carbons (Fsp3) is 0.355. The zero-order valence-electron chi connectivity index (χ0n) is 23.5. The lowest BCUT2D eigenvalue weighted by Gasteiger charge is -2.23. The maximum atomic E-state index is 13.8. The van der Waals surface area contributed by atoms with Crippen molar-refractivity contribution in [3.8, 4) is 18.2 Å². The van der Waals surface area contributed by atoms with Gasteiger partial charge in [0.15, 0.2) is 0 Å². The van der Waals surface area contributed by atoms with Crippen LogP contribution in [0, 0.1) is 46.3 Å². The SMILES string of the molecule is Cc1c(C#N)cccc1C(Nc1cc(C#N)c2ncc(C#N)c(NCC(C)(C)C)c2c1)c1cn(C2(CF)CC2)nn1. The second-order valence-corrected chi connectivity index (χ2v) is 11.8. The van der Waals surface area contributed by atoms with Crippen molar-refractivity contribution in [3.63, 3.8) is 0 Å². The topological polar surface area (TPSA) is 139 Å². The molecule has 2 aromatic carbocycles. The lowest BCUT2D eigenvalue weighted by atomic mass is 9.94. The molecule has 2 aromatic heterocycles. The van der Waals surface area contributed by atoms with E-state index >= 15 is 0 Å². The van der Waals surface area contributed by atoms with Crippen molar-refractivity contribution in [1.82, 2.24) is 20.0 Å². The van der Waals surface area contributed by atoms with Crippen molar-refractivity contribution in [2.24, 2.45) is 5.41 Å². The van der Waals surface area contributed by atoms with Gasteiger partial charge in [-0.1, -0.05) is 38.1 Å². The highest BCUT2D eigenvalue weighted by Gasteiger charge is 2.46. The second-order valence-electron chi connectivity index (χ2n) is 11.8. The smallest absolute Gasteiger partial charge is 0.115 e. The van der Waals surface area contributed by atoms with Gasteiger partial charge in [0.1, 0.15) is 24.5 Å². The Morgan fingerprint density at radius 3 is 2.44 bits per heavy atom. The van der Waals surface area contributed by atoms with Crippen LogP contribution in [0.25, 0.3) is 10.9 Å². The largest absolute Gasteiger partial charge is 0.383 e. The molecule has 0 amide bonds. The molecule has 0 bridgehead atoms. The number of aromatic nitrogens is 4. The van der Waals surface area contributed by atoms with Crippen LogP contribution in [-0.2, 0) is 5.54 Å². The Labute approximate surface area is 238 Å². The number of pyridine rings is 1. The lowest BCUT2D eigenvalue weighted by molar-refractivity contribution is 0.309. The number of fused-ring (bicyclic) bond motifs is 1. The Morgan fingerprint density at radius 1 is 1.07 bits per heavy atom. The molecule has 10 heteroatoms. The first-order valence-electron chi connectivity index (χ1n) is 13.4. The van der Waals surface area contributed by atoms with Crippen LogP contribution in [0.2, 0.25) is 0 Å². The minimum Gasteiger partial charge on any atom is -0.383 e. The van der Waals surface area contributed by atoms with Crippen molar-refractivity contribution >= 4 is 22.3 Å². The number of nitrogens with one attached hydrogen (secondary N) is 2. The van der Waals surface area contributed by atoms with Gasteiger partial charge in [0, 0.05) is 23.8 Å². The summed E-state index contributed by atoms with van der Waals surface area (Å²) in [6.07, 6.45) is 4.63. The number of anilines is 2. The van der Waals surface area contributed by atoms with Crippen LogP contribution in [0.5, 0.6) is 0 Å². The molecule has 0 aliphatic heterocycles. The molecule has 1 aliphatic carbocycles. The van der Waals surface area contributed by atoms with Gasteiger partial charge in [-0.3, -0.25) is 4.98 Å². The molecular weight excluding hydrogens is 517 g/mol. The summed E-state index contributed by atoms with van der Waals surface area (Å²) in [5.74, 6) is 0. The highest BCUT2D eigenvalue weighted by Crippen LogP contribution is 2.44. The van der Waals surface area contributed by atoms with E-state index in [0.717, 1.165) is 11.1 Å². The Hall–Kier alpha value is -5.01. The molecule has 9 nitrogen and oxygen atoms in total. The molecule has 0 spiro atoms. The number of hydrogen-bond acceptors (Lipinski definition) is 8. The van der Waals surface area contributed by atoms with E-state index in [9.17, 15) is 20.2 Å². The normalized spacial score (nSPS) is 14.5. The summed E-state index contributed by atoms with van der Waals surface area (Å²) in [5.41, 5.74) is 4.34. The molecule has 41 heavy (non-hydrogen) atoms. The number of rotatable bonds is 8. The summed E-state index contributed by atoms with van der Waals surface area (Å²) < 4.78 is 15.4. The third-order valence-electron chi connectivity index (χ3n) is 7.49. The van der Waals surface area contributed by atoms with Gasteiger partial charge in [0.2, 0.25) is 0 Å². The molecule has 5 rings (SSSR count). The molecule has 1 saturated carbocycles. The predicted molar refractivity (Wildman–Crippen MR) is 154 cm³/mol. The van der Waals surface area contributed by atoms with Gasteiger partial charge >= 0.3 is 0 Å². The van der Waals surface area contributed by atoms with Crippen molar-refractivity contribution in [2.75, 3.05) is 23.9 Å². The standard InChI is InChI=1S/C31H30FN9/c1-19-20(12-33)6-5-7-24(19)29(26-16-41(40-39-26)31(17-32)8-9-31)38-23-10-21(13-34)27-25(11-23)28(22(14-35)15-36-27)37-18-30(2,3)4/h5-7,10-11,15-16,29,38H,8-9,17-18H2,1-4H3,(H,36,37). The van der Waals surface area contributed by atoms with Gasteiger partial charge in [-0.25, -0.2) is 9.07 Å². The third-order valence-corrected chi connectivity index (χ3v) is 7.49. The van der Waals surface area contributed by atoms with Gasteiger partial charge in [-0.15, -0.1) is 5.10 Å². The number of hydrogen-bond donors (Lipinski definition) is 2. The molecule has 0 radical (unpaired) electrons. The summed E-state index contributed by atoms with van der Waals surface area (Å²) >= 11 is 0. The first kappa shape index (κ1) is 27.6. The van der Waals surface area contributed by atoms with E-state index in [0.29, 0.717) is 64.0 Å². The zero-order chi connectivity index (χ0) is 29.4. The fourth-order valence-corrected chi connectivity index (χ4v) is 4.87. The van der Waals surface area contributed by atoms with Crippen molar-refractivity contribution in [2.45, 2.75) is 52.1 Å². The van der Waals surface area contributed by atoms with E-state index in [1.54, 1.807) is 23.0 Å². The Morgan fingerprint density at radius 2 is 1.80 bits per heavy atom. The first-order chi connectivity index (χ1) is 19.6. The van der Waals surface area contributed by atoms with E-state index in [-0.39, 0.29) is 5.41 Å². The van der Waals surface area contributed by atoms with E-state index in [2.05, 4.69) is 64.9 Å². The Kier molecular flexibility index (Phi) is 7.07. The monoisotopic (exact) mass is 547 g/mol. The predicted octanol–water partition coefficient (Wildman–Crippen LogP) is 5.87. The van der Waals surface area contributed by atoms with Crippen molar-refractivity contribution < 1.29 is 4.39 Å². The van der Waals surface area contributed by atoms with Crippen LogP contribution in [0.4, 0.5) is 15.8 Å². The number of benzene rings is 2. The van der Waals surface area contributed by atoms with Crippen LogP contribution in [0.1, 0.15) is 73.2 Å². The minimum atomic E-state index is -0.650. The average molecular weight is 548 g/mol. The first-order valence-corrected chi connectivity index (χ1v) is 13.4. The van der Waals surface area contributed by atoms with E-state index in [1.807, 2.05) is 25.1 Å². The number of halogens is 1. The number of nitriles is 3. The van der Waals surface area contributed by atoms with Crippen LogP contribution in [0.3, 0.4) is 0 Å². The molecular formula is C31H30FN9. The maximum Gasteiger partial charge on any atom is 0.115 e. The molecule has 4 aromatic rings.